The average molecular weight is 405 g/mol. The molecule has 0 bridgehead atoms. The molecular weight excluding hydrogens is 382 g/mol. The smallest absolute Gasteiger partial charge is 0.413 e. The van der Waals surface area contributed by atoms with Crippen LogP contribution < -0.4 is 10.1 Å². The van der Waals surface area contributed by atoms with Crippen molar-refractivity contribution in [1.82, 2.24) is 19.6 Å². The fraction of sp³-hybridized carbons (Fsp3) is 0.227. The van der Waals surface area contributed by atoms with Gasteiger partial charge in [0, 0.05) is 37.3 Å². The van der Waals surface area contributed by atoms with Gasteiger partial charge in [-0.1, -0.05) is 12.1 Å². The van der Waals surface area contributed by atoms with Crippen molar-refractivity contribution in [2.75, 3.05) is 12.4 Å². The summed E-state index contributed by atoms with van der Waals surface area (Å²) in [5, 5.41) is 12.6. The molecule has 30 heavy (non-hydrogen) atoms. The van der Waals surface area contributed by atoms with E-state index in [-0.39, 0.29) is 6.61 Å². The van der Waals surface area contributed by atoms with Crippen LogP contribution in [0.4, 0.5) is 10.6 Å². The lowest BCUT2D eigenvalue weighted by atomic mass is 10.1. The predicted molar refractivity (Wildman–Crippen MR) is 114 cm³/mol. The quantitative estimate of drug-likeness (QED) is 0.542. The summed E-state index contributed by atoms with van der Waals surface area (Å²) in [6, 6.07) is 13.4. The number of fused-ring (bicyclic) bond motifs is 1. The fourth-order valence-corrected chi connectivity index (χ4v) is 3.30. The van der Waals surface area contributed by atoms with E-state index in [4.69, 9.17) is 9.47 Å². The maximum Gasteiger partial charge on any atom is 0.413 e. The lowest BCUT2D eigenvalue weighted by Crippen LogP contribution is -2.15. The first kappa shape index (κ1) is 19.5. The Morgan fingerprint density at radius 2 is 1.93 bits per heavy atom. The molecule has 0 atom stereocenters. The van der Waals surface area contributed by atoms with Crippen LogP contribution in [0.2, 0.25) is 0 Å². The molecule has 0 radical (unpaired) electrons. The third-order valence-corrected chi connectivity index (χ3v) is 4.80. The first-order chi connectivity index (χ1) is 14.4. The molecule has 2 aromatic heterocycles. The molecule has 1 N–H and O–H groups in total. The third-order valence-electron chi connectivity index (χ3n) is 4.80. The summed E-state index contributed by atoms with van der Waals surface area (Å²) in [4.78, 5) is 12.3. The summed E-state index contributed by atoms with van der Waals surface area (Å²) < 4.78 is 14.2. The van der Waals surface area contributed by atoms with E-state index in [2.05, 4.69) is 15.5 Å². The highest BCUT2D eigenvalue weighted by atomic mass is 16.5. The van der Waals surface area contributed by atoms with E-state index in [0.29, 0.717) is 11.5 Å². The number of methoxy groups -OCH3 is 1. The van der Waals surface area contributed by atoms with Gasteiger partial charge in [-0.15, -0.1) is 0 Å². The third kappa shape index (κ3) is 3.98. The Hall–Kier alpha value is -3.81. The summed E-state index contributed by atoms with van der Waals surface area (Å²) in [7, 11) is 5.26. The SMILES string of the molecule is COc1cc(C)ccc1-c1cc(NC(=O)OCc2ccc3nn(C)cc3c2)n(C)n1. The van der Waals surface area contributed by atoms with E-state index in [1.54, 1.807) is 29.6 Å². The molecule has 0 fully saturated rings. The highest BCUT2D eigenvalue weighted by Gasteiger charge is 2.14. The zero-order chi connectivity index (χ0) is 21.3. The number of hydrogen-bond donors (Lipinski definition) is 1. The Bertz CT molecular complexity index is 1220. The van der Waals surface area contributed by atoms with Crippen molar-refractivity contribution in [3.63, 3.8) is 0 Å². The van der Waals surface area contributed by atoms with E-state index in [1.807, 2.05) is 56.6 Å². The predicted octanol–water partition coefficient (Wildman–Crippen LogP) is 4.04. The van der Waals surface area contributed by atoms with Crippen molar-refractivity contribution in [1.29, 1.82) is 0 Å². The van der Waals surface area contributed by atoms with Gasteiger partial charge in [0.2, 0.25) is 0 Å². The molecule has 2 aromatic carbocycles. The molecule has 4 aromatic rings. The van der Waals surface area contributed by atoms with Crippen LogP contribution in [0.5, 0.6) is 5.75 Å². The molecule has 8 nitrogen and oxygen atoms in total. The van der Waals surface area contributed by atoms with Gasteiger partial charge >= 0.3 is 6.09 Å². The van der Waals surface area contributed by atoms with E-state index in [0.717, 1.165) is 33.3 Å². The molecule has 8 heteroatoms. The molecule has 154 valence electrons. The van der Waals surface area contributed by atoms with E-state index >= 15 is 0 Å². The molecule has 0 spiro atoms. The standard InChI is InChI=1S/C22H23N5O3/c1-14-5-7-17(20(9-14)29-4)19-11-21(27(3)25-19)23-22(28)30-13-15-6-8-18-16(10-15)12-26(2)24-18/h5-12H,13H2,1-4H3,(H,23,28). The number of ether oxygens (including phenoxy) is 2. The molecule has 0 aliphatic heterocycles. The Kier molecular flexibility index (Phi) is 5.14. The number of carbonyl (C=O) groups excluding carboxylic acids is 1. The van der Waals surface area contributed by atoms with Crippen LogP contribution in [0.3, 0.4) is 0 Å². The molecule has 0 saturated carbocycles. The van der Waals surface area contributed by atoms with E-state index in [1.165, 1.54) is 0 Å². The number of aryl methyl sites for hydroxylation is 3. The minimum absolute atomic E-state index is 0.160. The summed E-state index contributed by atoms with van der Waals surface area (Å²) in [5.74, 6) is 1.26. The molecule has 1 amide bonds. The van der Waals surface area contributed by atoms with E-state index in [9.17, 15) is 4.79 Å². The molecule has 0 saturated heterocycles. The minimum atomic E-state index is -0.549. The monoisotopic (exact) mass is 405 g/mol. The van der Waals surface area contributed by atoms with Crippen molar-refractivity contribution >= 4 is 22.8 Å². The number of anilines is 1. The zero-order valence-electron chi connectivity index (χ0n) is 17.3. The number of nitrogens with zero attached hydrogens (tertiary/aromatic N) is 4. The number of hydrogen-bond acceptors (Lipinski definition) is 5. The number of benzene rings is 2. The second kappa shape index (κ2) is 7.90. The Balaban J connectivity index is 1.44. The van der Waals surface area contributed by atoms with Gasteiger partial charge in [-0.25, -0.2) is 4.79 Å². The number of aromatic nitrogens is 4. The van der Waals surface area contributed by atoms with Crippen LogP contribution >= 0.6 is 0 Å². The van der Waals surface area contributed by atoms with Crippen molar-refractivity contribution in [3.05, 3.63) is 59.8 Å². The normalized spacial score (nSPS) is 10.9. The van der Waals surface area contributed by atoms with Crippen LogP contribution in [-0.2, 0) is 25.4 Å². The van der Waals surface area contributed by atoms with Crippen molar-refractivity contribution in [2.45, 2.75) is 13.5 Å². The lowest BCUT2D eigenvalue weighted by molar-refractivity contribution is 0.155. The zero-order valence-corrected chi connectivity index (χ0v) is 17.3. The van der Waals surface area contributed by atoms with Gasteiger partial charge < -0.3 is 9.47 Å². The topological polar surface area (TPSA) is 83.2 Å². The summed E-state index contributed by atoms with van der Waals surface area (Å²) >= 11 is 0. The van der Waals surface area contributed by atoms with Crippen LogP contribution in [0.15, 0.2) is 48.7 Å². The molecule has 0 unspecified atom stereocenters. The van der Waals surface area contributed by atoms with Crippen LogP contribution in [-0.4, -0.2) is 32.8 Å². The van der Waals surface area contributed by atoms with E-state index < -0.39 is 6.09 Å². The van der Waals surface area contributed by atoms with Gasteiger partial charge in [-0.2, -0.15) is 10.2 Å². The first-order valence-electron chi connectivity index (χ1n) is 9.48. The molecule has 0 aliphatic rings. The van der Waals surface area contributed by atoms with Crippen molar-refractivity contribution < 1.29 is 14.3 Å². The highest BCUT2D eigenvalue weighted by molar-refractivity contribution is 5.85. The van der Waals surface area contributed by atoms with Gasteiger partial charge in [-0.3, -0.25) is 14.7 Å². The molecule has 2 heterocycles. The van der Waals surface area contributed by atoms with Crippen molar-refractivity contribution in [3.8, 4) is 17.0 Å². The Labute approximate surface area is 174 Å². The van der Waals surface area contributed by atoms with Gasteiger partial charge in [0.25, 0.3) is 0 Å². The summed E-state index contributed by atoms with van der Waals surface area (Å²) in [6.45, 7) is 2.16. The molecule has 4 rings (SSSR count). The number of nitrogens with one attached hydrogen (secondary N) is 1. The fourth-order valence-electron chi connectivity index (χ4n) is 3.30. The van der Waals surface area contributed by atoms with Crippen LogP contribution in [0.1, 0.15) is 11.1 Å². The lowest BCUT2D eigenvalue weighted by Gasteiger charge is -2.07. The van der Waals surface area contributed by atoms with Gasteiger partial charge in [0.15, 0.2) is 0 Å². The second-order valence-electron chi connectivity index (χ2n) is 7.14. The Morgan fingerprint density at radius 1 is 1.10 bits per heavy atom. The average Bonchev–Trinajstić information content (AvgIpc) is 3.27. The maximum absolute atomic E-state index is 12.3. The molecule has 0 aliphatic carbocycles. The highest BCUT2D eigenvalue weighted by Crippen LogP contribution is 2.31. The number of amides is 1. The number of rotatable bonds is 5. The summed E-state index contributed by atoms with van der Waals surface area (Å²) in [6.07, 6.45) is 1.38. The second-order valence-corrected chi connectivity index (χ2v) is 7.14. The van der Waals surface area contributed by atoms with Gasteiger partial charge in [0.1, 0.15) is 18.2 Å². The maximum atomic E-state index is 12.3. The Morgan fingerprint density at radius 3 is 2.73 bits per heavy atom. The molecular formula is C22H23N5O3. The largest absolute Gasteiger partial charge is 0.496 e. The van der Waals surface area contributed by atoms with Crippen molar-refractivity contribution in [2.24, 2.45) is 14.1 Å². The van der Waals surface area contributed by atoms with Crippen LogP contribution in [0, 0.1) is 6.92 Å². The van der Waals surface area contributed by atoms with Gasteiger partial charge in [0.05, 0.1) is 18.3 Å². The van der Waals surface area contributed by atoms with Gasteiger partial charge in [-0.05, 0) is 42.3 Å². The number of carbonyl (C=O) groups is 1. The summed E-state index contributed by atoms with van der Waals surface area (Å²) in [5.41, 5.74) is 4.44. The minimum Gasteiger partial charge on any atom is -0.496 e. The first-order valence-corrected chi connectivity index (χ1v) is 9.48. The van der Waals surface area contributed by atoms with Crippen LogP contribution in [0.25, 0.3) is 22.2 Å².